The highest BCUT2D eigenvalue weighted by Gasteiger charge is 2.54. The van der Waals surface area contributed by atoms with E-state index in [2.05, 4.69) is 5.32 Å². The van der Waals surface area contributed by atoms with Gasteiger partial charge in [0.1, 0.15) is 17.5 Å². The van der Waals surface area contributed by atoms with Crippen LogP contribution in [0.25, 0.3) is 0 Å². The van der Waals surface area contributed by atoms with Crippen molar-refractivity contribution in [1.29, 1.82) is 0 Å². The van der Waals surface area contributed by atoms with E-state index in [4.69, 9.17) is 20.8 Å². The summed E-state index contributed by atoms with van der Waals surface area (Å²) in [5.74, 6) is -0.137. The van der Waals surface area contributed by atoms with E-state index in [0.29, 0.717) is 47.8 Å². The third kappa shape index (κ3) is 4.99. The van der Waals surface area contributed by atoms with Crippen molar-refractivity contribution in [3.8, 4) is 0 Å². The second-order valence-electron chi connectivity index (χ2n) is 9.39. The van der Waals surface area contributed by atoms with Crippen molar-refractivity contribution in [1.82, 2.24) is 15.1 Å². The molecule has 2 aromatic carbocycles. The summed E-state index contributed by atoms with van der Waals surface area (Å²) in [4.78, 5) is 43.5. The summed E-state index contributed by atoms with van der Waals surface area (Å²) in [7, 11) is 0. The number of likely N-dealkylation sites (tertiary alicyclic amines) is 1. The maximum Gasteiger partial charge on any atom is 0.256 e. The fourth-order valence-electron chi connectivity index (χ4n) is 5.05. The van der Waals surface area contributed by atoms with Crippen LogP contribution in [0.5, 0.6) is 0 Å². The van der Waals surface area contributed by atoms with E-state index in [1.807, 2.05) is 25.1 Å². The zero-order valence-electron chi connectivity index (χ0n) is 20.5. The third-order valence-corrected chi connectivity index (χ3v) is 7.33. The Balaban J connectivity index is 1.38. The minimum Gasteiger partial charge on any atom is -0.467 e. The summed E-state index contributed by atoms with van der Waals surface area (Å²) in [5.41, 5.74) is 0.878. The first-order chi connectivity index (χ1) is 17.9. The highest BCUT2D eigenvalue weighted by atomic mass is 35.5. The number of ether oxygens (including phenoxy) is 1. The molecule has 0 aliphatic carbocycles. The Bertz CT molecular complexity index is 1300. The van der Waals surface area contributed by atoms with E-state index in [1.54, 1.807) is 58.5 Å². The van der Waals surface area contributed by atoms with Gasteiger partial charge in [0.05, 0.1) is 30.0 Å². The zero-order valence-corrected chi connectivity index (χ0v) is 21.2. The number of piperidine rings is 1. The summed E-state index contributed by atoms with van der Waals surface area (Å²) in [6.45, 7) is 2.92. The molecular formula is C28H28ClN3O5. The Morgan fingerprint density at radius 1 is 1.03 bits per heavy atom. The Hall–Kier alpha value is -3.62. The van der Waals surface area contributed by atoms with Crippen LogP contribution in [0, 0.1) is 6.92 Å². The Morgan fingerprint density at radius 3 is 2.51 bits per heavy atom. The molecule has 1 N–H and O–H groups in total. The molecule has 1 aromatic heterocycles. The molecule has 3 amide bonds. The predicted octanol–water partition coefficient (Wildman–Crippen LogP) is 4.03. The van der Waals surface area contributed by atoms with Crippen molar-refractivity contribution in [2.75, 3.05) is 19.7 Å². The maximum atomic E-state index is 13.9. The number of hydrogen-bond acceptors (Lipinski definition) is 5. The fraction of sp³-hybridized carbons (Fsp3) is 0.321. The number of nitrogens with zero attached hydrogens (tertiary/aromatic N) is 2. The molecular weight excluding hydrogens is 494 g/mol. The van der Waals surface area contributed by atoms with Gasteiger partial charge in [0.25, 0.3) is 11.8 Å². The third-order valence-electron chi connectivity index (χ3n) is 7.00. The minimum absolute atomic E-state index is 0.0694. The molecule has 37 heavy (non-hydrogen) atoms. The monoisotopic (exact) mass is 521 g/mol. The first-order valence-electron chi connectivity index (χ1n) is 12.3. The van der Waals surface area contributed by atoms with Gasteiger partial charge in [-0.15, -0.1) is 0 Å². The standard InChI is InChI=1S/C28H28ClN3O5/c1-19-6-4-7-20(16-19)26(34)32-24(25(33)30-17-21-8-5-15-36-21)18-37-28(32)11-13-31(14-12-28)27(35)22-9-2-3-10-23(22)29/h2-10,15-16,24H,11-14,17-18H2,1H3,(H,30,33)/t24-/m1/s1. The van der Waals surface area contributed by atoms with Crippen LogP contribution in [0.3, 0.4) is 0 Å². The molecule has 0 saturated carbocycles. The van der Waals surface area contributed by atoms with Gasteiger partial charge in [0, 0.05) is 31.5 Å². The van der Waals surface area contributed by atoms with Crippen LogP contribution in [-0.4, -0.2) is 59.0 Å². The van der Waals surface area contributed by atoms with Gasteiger partial charge in [-0.2, -0.15) is 0 Å². The number of nitrogens with one attached hydrogen (secondary N) is 1. The van der Waals surface area contributed by atoms with E-state index in [9.17, 15) is 14.4 Å². The van der Waals surface area contributed by atoms with Gasteiger partial charge in [0.2, 0.25) is 5.91 Å². The number of amides is 3. The number of halogens is 1. The molecule has 0 radical (unpaired) electrons. The molecule has 3 heterocycles. The van der Waals surface area contributed by atoms with E-state index in [1.165, 1.54) is 0 Å². The first-order valence-corrected chi connectivity index (χ1v) is 12.6. The molecule has 1 spiro atoms. The number of hydrogen-bond donors (Lipinski definition) is 1. The fourth-order valence-corrected chi connectivity index (χ4v) is 5.27. The summed E-state index contributed by atoms with van der Waals surface area (Å²) >= 11 is 6.25. The average molecular weight is 522 g/mol. The van der Waals surface area contributed by atoms with Crippen LogP contribution in [0.2, 0.25) is 5.02 Å². The molecule has 5 rings (SSSR count). The normalized spacial score (nSPS) is 18.7. The van der Waals surface area contributed by atoms with Crippen molar-refractivity contribution in [3.05, 3.63) is 94.4 Å². The van der Waals surface area contributed by atoms with E-state index < -0.39 is 11.8 Å². The highest BCUT2D eigenvalue weighted by Crippen LogP contribution is 2.39. The molecule has 2 saturated heterocycles. The zero-order chi connectivity index (χ0) is 26.0. The van der Waals surface area contributed by atoms with Crippen LogP contribution in [0.4, 0.5) is 0 Å². The quantitative estimate of drug-likeness (QED) is 0.547. The number of rotatable bonds is 5. The molecule has 1 atom stereocenters. The van der Waals surface area contributed by atoms with Gasteiger partial charge in [-0.3, -0.25) is 19.3 Å². The lowest BCUT2D eigenvalue weighted by molar-refractivity contribution is -0.128. The lowest BCUT2D eigenvalue weighted by atomic mass is 9.95. The minimum atomic E-state index is -0.995. The number of benzene rings is 2. The van der Waals surface area contributed by atoms with Gasteiger partial charge in [-0.05, 0) is 43.3 Å². The number of carbonyl (C=O) groups is 3. The molecule has 2 aliphatic rings. The summed E-state index contributed by atoms with van der Waals surface area (Å²) in [6.07, 6.45) is 2.30. The molecule has 2 fully saturated rings. The van der Waals surface area contributed by atoms with Crippen molar-refractivity contribution < 1.29 is 23.5 Å². The second-order valence-corrected chi connectivity index (χ2v) is 9.79. The largest absolute Gasteiger partial charge is 0.467 e. The average Bonchev–Trinajstić information content (AvgIpc) is 3.56. The van der Waals surface area contributed by atoms with Crippen molar-refractivity contribution in [2.45, 2.75) is 38.1 Å². The van der Waals surface area contributed by atoms with Crippen LogP contribution in [0.15, 0.2) is 71.3 Å². The Kier molecular flexibility index (Phi) is 7.04. The van der Waals surface area contributed by atoms with Crippen molar-refractivity contribution in [3.63, 3.8) is 0 Å². The number of furan rings is 1. The van der Waals surface area contributed by atoms with Gasteiger partial charge >= 0.3 is 0 Å². The molecule has 3 aromatic rings. The smallest absolute Gasteiger partial charge is 0.256 e. The van der Waals surface area contributed by atoms with E-state index in [-0.39, 0.29) is 30.9 Å². The summed E-state index contributed by atoms with van der Waals surface area (Å²) < 4.78 is 11.6. The lowest BCUT2D eigenvalue weighted by Crippen LogP contribution is -2.59. The van der Waals surface area contributed by atoms with Crippen molar-refractivity contribution >= 4 is 29.3 Å². The highest BCUT2D eigenvalue weighted by molar-refractivity contribution is 6.33. The topological polar surface area (TPSA) is 92.1 Å². The molecule has 9 heteroatoms. The van der Waals surface area contributed by atoms with Crippen molar-refractivity contribution in [2.24, 2.45) is 0 Å². The van der Waals surface area contributed by atoms with E-state index >= 15 is 0 Å². The molecule has 0 unspecified atom stereocenters. The molecule has 2 aliphatic heterocycles. The molecule has 8 nitrogen and oxygen atoms in total. The van der Waals surface area contributed by atoms with Crippen LogP contribution in [0.1, 0.15) is 44.9 Å². The predicted molar refractivity (Wildman–Crippen MR) is 137 cm³/mol. The number of carbonyl (C=O) groups excluding carboxylic acids is 3. The van der Waals surface area contributed by atoms with Gasteiger partial charge in [-0.25, -0.2) is 0 Å². The first kappa shape index (κ1) is 25.0. The van der Waals surface area contributed by atoms with Gasteiger partial charge in [-0.1, -0.05) is 41.4 Å². The van der Waals surface area contributed by atoms with Crippen LogP contribution >= 0.6 is 11.6 Å². The maximum absolute atomic E-state index is 13.9. The lowest BCUT2D eigenvalue weighted by Gasteiger charge is -2.44. The second kappa shape index (κ2) is 10.4. The van der Waals surface area contributed by atoms with Gasteiger partial charge in [0.15, 0.2) is 0 Å². The Morgan fingerprint density at radius 2 is 1.81 bits per heavy atom. The summed E-state index contributed by atoms with van der Waals surface area (Å²) in [6, 6.07) is 17.0. The van der Waals surface area contributed by atoms with E-state index in [0.717, 1.165) is 5.56 Å². The summed E-state index contributed by atoms with van der Waals surface area (Å²) in [5, 5.41) is 3.26. The molecule has 192 valence electrons. The Labute approximate surface area is 220 Å². The van der Waals surface area contributed by atoms with Crippen LogP contribution in [-0.2, 0) is 16.1 Å². The van der Waals surface area contributed by atoms with Crippen LogP contribution < -0.4 is 5.32 Å². The molecule has 0 bridgehead atoms. The SMILES string of the molecule is Cc1cccc(C(=O)N2[C@@H](C(=O)NCc3ccco3)COC23CCN(C(=O)c2ccccc2Cl)CC3)c1. The van der Waals surface area contributed by atoms with Gasteiger partial charge < -0.3 is 19.4 Å². The number of aryl methyl sites for hydroxylation is 1.